The van der Waals surface area contributed by atoms with E-state index < -0.39 is 17.9 Å². The third-order valence-electron chi connectivity index (χ3n) is 7.44. The van der Waals surface area contributed by atoms with Gasteiger partial charge in [0, 0.05) is 8.45 Å². The predicted molar refractivity (Wildman–Crippen MR) is 170 cm³/mol. The third-order valence-corrected chi connectivity index (χ3v) is 10.3. The van der Waals surface area contributed by atoms with Crippen LogP contribution in [0.25, 0.3) is 21.2 Å². The molecule has 1 aromatic heterocycles. The fourth-order valence-electron chi connectivity index (χ4n) is 5.43. The molecule has 0 bridgehead atoms. The van der Waals surface area contributed by atoms with Gasteiger partial charge in [0.1, 0.15) is 11.6 Å². The Labute approximate surface area is 266 Å². The van der Waals surface area contributed by atoms with E-state index in [1.54, 1.807) is 46.1 Å². The summed E-state index contributed by atoms with van der Waals surface area (Å²) in [5.74, 6) is -0.713. The molecule has 0 unspecified atom stereocenters. The number of alkyl halides is 3. The van der Waals surface area contributed by atoms with Crippen molar-refractivity contribution in [2.45, 2.75) is 57.7 Å². The van der Waals surface area contributed by atoms with Gasteiger partial charge in [-0.15, -0.1) is 24.5 Å². The molecule has 10 heteroatoms. The lowest BCUT2D eigenvalue weighted by atomic mass is 9.79. The van der Waals surface area contributed by atoms with E-state index in [-0.39, 0.29) is 15.3 Å². The quantitative estimate of drug-likeness (QED) is 0.130. The molecule has 1 saturated carbocycles. The number of fused-ring (bicyclic) bond motifs is 1. The Hall–Kier alpha value is -1.67. The zero-order valence-electron chi connectivity index (χ0n) is 22.1. The van der Waals surface area contributed by atoms with Gasteiger partial charge in [-0.2, -0.15) is 0 Å². The van der Waals surface area contributed by atoms with E-state index in [0.29, 0.717) is 29.4 Å². The van der Waals surface area contributed by atoms with Crippen LogP contribution in [0, 0.1) is 24.7 Å². The monoisotopic (exact) mass is 812 g/mol. The van der Waals surface area contributed by atoms with Crippen LogP contribution in [0.2, 0.25) is 0 Å². The highest BCUT2D eigenvalue weighted by molar-refractivity contribution is 14.1. The highest BCUT2D eigenvalue weighted by atomic mass is 127. The zero-order chi connectivity index (χ0) is 29.3. The first-order valence-electron chi connectivity index (χ1n) is 13.4. The number of hydrogen-bond donors (Lipinski definition) is 0. The molecule has 218 valence electrons. The molecule has 0 atom stereocenters. The summed E-state index contributed by atoms with van der Waals surface area (Å²) >= 11 is 5.32. The number of rotatable bonds is 8. The lowest BCUT2D eigenvalue weighted by molar-refractivity contribution is -0.275. The average molecular weight is 812 g/mol. The van der Waals surface area contributed by atoms with E-state index in [1.807, 2.05) is 12.1 Å². The van der Waals surface area contributed by atoms with Crippen molar-refractivity contribution in [2.75, 3.05) is 6.61 Å². The first-order valence-corrected chi connectivity index (χ1v) is 16.4. The Bertz CT molecular complexity index is 1520. The fraction of sp³-hybridized carbons (Fsp3) is 0.355. The van der Waals surface area contributed by atoms with Gasteiger partial charge in [0.2, 0.25) is 0 Å². The van der Waals surface area contributed by atoms with Crippen LogP contribution in [0.1, 0.15) is 55.4 Å². The van der Waals surface area contributed by atoms with Gasteiger partial charge in [-0.05, 0) is 148 Å². The molecule has 5 rings (SSSR count). The normalized spacial score (nSPS) is 17.7. The molecule has 2 nitrogen and oxygen atoms in total. The van der Waals surface area contributed by atoms with E-state index in [9.17, 15) is 17.6 Å². The molecule has 0 spiro atoms. The number of hydrogen-bond acceptors (Lipinski definition) is 3. The molecule has 0 saturated heterocycles. The second kappa shape index (κ2) is 12.9. The number of ether oxygens (including phenoxy) is 2. The van der Waals surface area contributed by atoms with Crippen LogP contribution in [-0.2, 0) is 6.42 Å². The molecule has 1 aliphatic carbocycles. The van der Waals surface area contributed by atoms with E-state index in [2.05, 4.69) is 46.4 Å². The maximum Gasteiger partial charge on any atom is 0.573 e. The molecule has 3 aromatic carbocycles. The maximum atomic E-state index is 15.4. The van der Waals surface area contributed by atoms with Crippen molar-refractivity contribution in [3.63, 3.8) is 0 Å². The van der Waals surface area contributed by atoms with E-state index >= 15 is 4.39 Å². The lowest BCUT2D eigenvalue weighted by Gasteiger charge is -2.29. The molecule has 1 fully saturated rings. The predicted octanol–water partition coefficient (Wildman–Crippen LogP) is 11.3. The standard InChI is InChI=1S/C31H27F5I2O2S/c1-2-3-22-12-19-8-10-24(28(33)30(19)41-22)18-6-4-17(5-7-18)16-39-21-9-11-23(26(37)15-21)20-13-25(32)29(27(38)14-20)40-31(34,35)36/h8-15,17-18H,2-7,16H2,1H3. The Kier molecular flexibility index (Phi) is 9.69. The molecule has 41 heavy (non-hydrogen) atoms. The lowest BCUT2D eigenvalue weighted by Crippen LogP contribution is -2.19. The van der Waals surface area contributed by atoms with Gasteiger partial charge >= 0.3 is 6.36 Å². The minimum Gasteiger partial charge on any atom is -0.493 e. The molecule has 0 amide bonds. The summed E-state index contributed by atoms with van der Waals surface area (Å²) in [6, 6.07) is 14.0. The molecule has 0 radical (unpaired) electrons. The Morgan fingerprint density at radius 2 is 1.68 bits per heavy atom. The van der Waals surface area contributed by atoms with Gasteiger partial charge < -0.3 is 9.47 Å². The molecule has 0 aliphatic heterocycles. The smallest absolute Gasteiger partial charge is 0.493 e. The fourth-order valence-corrected chi connectivity index (χ4v) is 8.13. The van der Waals surface area contributed by atoms with Crippen molar-refractivity contribution >= 4 is 66.6 Å². The summed E-state index contributed by atoms with van der Waals surface area (Å²) in [5.41, 5.74) is 1.96. The second-order valence-electron chi connectivity index (χ2n) is 10.3. The molecular weight excluding hydrogens is 785 g/mol. The average Bonchev–Trinajstić information content (AvgIpc) is 3.33. The van der Waals surface area contributed by atoms with Crippen molar-refractivity contribution in [1.29, 1.82) is 0 Å². The molecule has 0 N–H and O–H groups in total. The van der Waals surface area contributed by atoms with Crippen LogP contribution in [0.15, 0.2) is 48.5 Å². The zero-order valence-corrected chi connectivity index (χ0v) is 27.2. The maximum absolute atomic E-state index is 15.4. The van der Waals surface area contributed by atoms with Crippen LogP contribution < -0.4 is 9.47 Å². The summed E-state index contributed by atoms with van der Waals surface area (Å²) in [5, 5.41) is 0.995. The van der Waals surface area contributed by atoms with Crippen molar-refractivity contribution in [2.24, 2.45) is 5.92 Å². The summed E-state index contributed by atoms with van der Waals surface area (Å²) in [6.07, 6.45) is 0.791. The van der Waals surface area contributed by atoms with Gasteiger partial charge in [-0.25, -0.2) is 8.78 Å². The summed E-state index contributed by atoms with van der Waals surface area (Å²) in [7, 11) is 0. The van der Waals surface area contributed by atoms with Crippen molar-refractivity contribution in [3.8, 4) is 22.6 Å². The van der Waals surface area contributed by atoms with Crippen LogP contribution in [0.3, 0.4) is 0 Å². The summed E-state index contributed by atoms with van der Waals surface area (Å²) in [6.45, 7) is 2.68. The van der Waals surface area contributed by atoms with Gasteiger partial charge in [0.25, 0.3) is 0 Å². The third kappa shape index (κ3) is 7.29. The Morgan fingerprint density at radius 3 is 2.34 bits per heavy atom. The largest absolute Gasteiger partial charge is 0.573 e. The molecular formula is C31H27F5I2O2S. The van der Waals surface area contributed by atoms with Gasteiger partial charge in [0.15, 0.2) is 11.6 Å². The van der Waals surface area contributed by atoms with Crippen LogP contribution >= 0.6 is 56.5 Å². The van der Waals surface area contributed by atoms with Crippen molar-refractivity contribution < 1.29 is 31.4 Å². The van der Waals surface area contributed by atoms with Gasteiger partial charge in [-0.1, -0.05) is 25.5 Å². The minimum absolute atomic E-state index is 0.0260. The van der Waals surface area contributed by atoms with E-state index in [4.69, 9.17) is 4.74 Å². The summed E-state index contributed by atoms with van der Waals surface area (Å²) in [4.78, 5) is 1.23. The van der Waals surface area contributed by atoms with E-state index in [1.165, 1.54) is 10.9 Å². The Balaban J connectivity index is 1.19. The number of halogens is 7. The van der Waals surface area contributed by atoms with Gasteiger partial charge in [0.05, 0.1) is 14.9 Å². The highest BCUT2D eigenvalue weighted by Crippen LogP contribution is 2.41. The van der Waals surface area contributed by atoms with Crippen LogP contribution in [-0.4, -0.2) is 13.0 Å². The first-order chi connectivity index (χ1) is 19.5. The summed E-state index contributed by atoms with van der Waals surface area (Å²) < 4.78 is 79.2. The highest BCUT2D eigenvalue weighted by Gasteiger charge is 2.34. The minimum atomic E-state index is -4.97. The van der Waals surface area contributed by atoms with Crippen LogP contribution in [0.5, 0.6) is 11.5 Å². The van der Waals surface area contributed by atoms with E-state index in [0.717, 1.165) is 63.8 Å². The molecule has 1 heterocycles. The number of benzene rings is 3. The molecule has 1 aliphatic rings. The van der Waals surface area contributed by atoms with Crippen molar-refractivity contribution in [1.82, 2.24) is 0 Å². The number of thiophene rings is 1. The SMILES string of the molecule is CCCc1cc2ccc(C3CCC(COc4ccc(-c5cc(F)c(OC(F)(F)F)c(I)c5)c(I)c4)CC3)c(F)c2s1. The Morgan fingerprint density at radius 1 is 0.927 bits per heavy atom. The van der Waals surface area contributed by atoms with Crippen LogP contribution in [0.4, 0.5) is 22.0 Å². The number of aryl methyl sites for hydroxylation is 1. The first kappa shape index (κ1) is 30.8. The van der Waals surface area contributed by atoms with Gasteiger partial charge in [-0.3, -0.25) is 0 Å². The topological polar surface area (TPSA) is 18.5 Å². The molecule has 4 aromatic rings. The van der Waals surface area contributed by atoms with Crippen molar-refractivity contribution in [3.05, 3.63) is 77.7 Å². The second-order valence-corrected chi connectivity index (χ2v) is 13.8.